The van der Waals surface area contributed by atoms with Crippen LogP contribution in [0.15, 0.2) is 67.1 Å². The summed E-state index contributed by atoms with van der Waals surface area (Å²) >= 11 is 0. The highest BCUT2D eigenvalue weighted by atomic mass is 19.3. The minimum atomic E-state index is -4.12. The Labute approximate surface area is 198 Å². The Morgan fingerprint density at radius 3 is 2.29 bits per heavy atom. The van der Waals surface area contributed by atoms with E-state index in [0.717, 1.165) is 29.2 Å². The van der Waals surface area contributed by atoms with Gasteiger partial charge in [0.15, 0.2) is 5.60 Å². The summed E-state index contributed by atoms with van der Waals surface area (Å²) in [5.41, 5.74) is -3.59. The summed E-state index contributed by atoms with van der Waals surface area (Å²) in [6, 6.07) is 11.4. The molecule has 2 aromatic heterocycles. The molecule has 4 rings (SSSR count). The Hall–Kier alpha value is -3.86. The van der Waals surface area contributed by atoms with Gasteiger partial charge in [0.1, 0.15) is 29.4 Å². The molecule has 11 heteroatoms. The van der Waals surface area contributed by atoms with Crippen molar-refractivity contribution < 1.29 is 27.4 Å². The third-order valence-corrected chi connectivity index (χ3v) is 5.32. The predicted molar refractivity (Wildman–Crippen MR) is 117 cm³/mol. The Balaban J connectivity index is 1.70. The Morgan fingerprint density at radius 2 is 1.71 bits per heavy atom. The zero-order chi connectivity index (χ0) is 25.2. The molecule has 0 saturated carbocycles. The highest BCUT2D eigenvalue weighted by Crippen LogP contribution is 2.46. The molecular weight excluding hydrogens is 466 g/mol. The molecule has 0 radical (unpaired) electrons. The summed E-state index contributed by atoms with van der Waals surface area (Å²) in [5.74, 6) is -5.79. The van der Waals surface area contributed by atoms with Crippen LogP contribution in [0.4, 0.5) is 17.6 Å². The number of hydrogen-bond acceptors (Lipinski definition) is 6. The van der Waals surface area contributed by atoms with Crippen molar-refractivity contribution in [3.05, 3.63) is 90.0 Å². The number of ether oxygens (including phenoxy) is 1. The summed E-state index contributed by atoms with van der Waals surface area (Å²) < 4.78 is 66.1. The van der Waals surface area contributed by atoms with Crippen molar-refractivity contribution in [2.75, 3.05) is 0 Å². The van der Waals surface area contributed by atoms with E-state index in [1.54, 1.807) is 24.3 Å². The van der Waals surface area contributed by atoms with E-state index in [-0.39, 0.29) is 6.10 Å². The lowest BCUT2D eigenvalue weighted by Gasteiger charge is -2.35. The number of halogens is 4. The molecule has 2 heterocycles. The summed E-state index contributed by atoms with van der Waals surface area (Å²) in [6.45, 7) is 2.88. The molecule has 0 aliphatic heterocycles. The predicted octanol–water partition coefficient (Wildman–Crippen LogP) is 4.48. The highest BCUT2D eigenvalue weighted by Gasteiger charge is 2.58. The standard InChI is InChI=1S/C24H21F4N5O2/c1-15(2)35-19-7-3-16(4-8-19)17-5-10-22(29-12-17)24(27,28)23(34,13-33-14-30-31-32-33)20-9-6-18(25)11-21(20)26/h3-12,14-15,34H,13H2,1-2H3. The molecule has 0 saturated heterocycles. The lowest BCUT2D eigenvalue weighted by atomic mass is 9.84. The van der Waals surface area contributed by atoms with Crippen molar-refractivity contribution in [1.29, 1.82) is 0 Å². The fourth-order valence-electron chi connectivity index (χ4n) is 3.63. The van der Waals surface area contributed by atoms with Gasteiger partial charge in [-0.05, 0) is 60.2 Å². The second-order valence-electron chi connectivity index (χ2n) is 8.19. The van der Waals surface area contributed by atoms with Gasteiger partial charge in [-0.2, -0.15) is 8.78 Å². The average molecular weight is 487 g/mol. The number of alkyl halides is 2. The average Bonchev–Trinajstić information content (AvgIpc) is 3.32. The smallest absolute Gasteiger partial charge is 0.323 e. The number of aliphatic hydroxyl groups is 1. The lowest BCUT2D eigenvalue weighted by Crippen LogP contribution is -2.48. The third-order valence-electron chi connectivity index (χ3n) is 5.32. The number of nitrogens with zero attached hydrogens (tertiary/aromatic N) is 5. The van der Waals surface area contributed by atoms with Gasteiger partial charge in [-0.3, -0.25) is 4.98 Å². The van der Waals surface area contributed by atoms with Crippen LogP contribution in [0.2, 0.25) is 0 Å². The third kappa shape index (κ3) is 4.85. The van der Waals surface area contributed by atoms with E-state index in [1.807, 2.05) is 13.8 Å². The topological polar surface area (TPSA) is 86.0 Å². The maximum atomic E-state index is 15.8. The van der Waals surface area contributed by atoms with E-state index in [2.05, 4.69) is 20.5 Å². The largest absolute Gasteiger partial charge is 0.491 e. The van der Waals surface area contributed by atoms with Crippen LogP contribution in [0.1, 0.15) is 25.1 Å². The number of tetrazole rings is 1. The first-order valence-electron chi connectivity index (χ1n) is 10.6. The molecule has 2 aromatic carbocycles. The van der Waals surface area contributed by atoms with Gasteiger partial charge < -0.3 is 9.84 Å². The van der Waals surface area contributed by atoms with Gasteiger partial charge in [0.25, 0.3) is 0 Å². The maximum absolute atomic E-state index is 15.8. The normalized spacial score (nSPS) is 13.6. The lowest BCUT2D eigenvalue weighted by molar-refractivity contribution is -0.207. The number of hydrogen-bond donors (Lipinski definition) is 1. The molecule has 35 heavy (non-hydrogen) atoms. The van der Waals surface area contributed by atoms with Crippen molar-refractivity contribution >= 4 is 0 Å². The molecule has 1 unspecified atom stereocenters. The van der Waals surface area contributed by atoms with Crippen molar-refractivity contribution in [3.8, 4) is 16.9 Å². The van der Waals surface area contributed by atoms with Gasteiger partial charge in [-0.1, -0.05) is 18.2 Å². The van der Waals surface area contributed by atoms with Crippen molar-refractivity contribution in [1.82, 2.24) is 25.2 Å². The van der Waals surface area contributed by atoms with Crippen LogP contribution in [0.5, 0.6) is 5.75 Å². The summed E-state index contributed by atoms with van der Waals surface area (Å²) in [6.07, 6.45) is 2.22. The Kier molecular flexibility index (Phi) is 6.53. The van der Waals surface area contributed by atoms with E-state index in [9.17, 15) is 13.9 Å². The van der Waals surface area contributed by atoms with Crippen LogP contribution >= 0.6 is 0 Å². The van der Waals surface area contributed by atoms with Gasteiger partial charge >= 0.3 is 5.92 Å². The number of pyridine rings is 1. The molecule has 0 spiro atoms. The maximum Gasteiger partial charge on any atom is 0.323 e. The zero-order valence-electron chi connectivity index (χ0n) is 18.7. The van der Waals surface area contributed by atoms with E-state index in [0.29, 0.717) is 22.9 Å². The van der Waals surface area contributed by atoms with Gasteiger partial charge in [0, 0.05) is 23.4 Å². The fourth-order valence-corrected chi connectivity index (χ4v) is 3.63. The van der Waals surface area contributed by atoms with E-state index >= 15 is 8.78 Å². The molecule has 4 aromatic rings. The highest BCUT2D eigenvalue weighted by molar-refractivity contribution is 5.63. The Bertz CT molecular complexity index is 1280. The van der Waals surface area contributed by atoms with E-state index in [1.165, 1.54) is 12.3 Å². The van der Waals surface area contributed by atoms with Crippen molar-refractivity contribution in [3.63, 3.8) is 0 Å². The van der Waals surface area contributed by atoms with Crippen LogP contribution in [-0.2, 0) is 18.1 Å². The first-order valence-corrected chi connectivity index (χ1v) is 10.6. The molecular formula is C24H21F4N5O2. The fraction of sp³-hybridized carbons (Fsp3) is 0.250. The molecule has 0 aliphatic carbocycles. The number of rotatable bonds is 8. The SMILES string of the molecule is CC(C)Oc1ccc(-c2ccc(C(F)(F)C(O)(Cn3cnnn3)c3ccc(F)cc3F)nc2)cc1. The van der Waals surface area contributed by atoms with Gasteiger partial charge in [-0.15, -0.1) is 5.10 Å². The van der Waals surface area contributed by atoms with Crippen LogP contribution in [0.3, 0.4) is 0 Å². The molecule has 182 valence electrons. The molecule has 0 fully saturated rings. The van der Waals surface area contributed by atoms with Crippen LogP contribution in [-0.4, -0.2) is 36.4 Å². The molecule has 0 aliphatic rings. The van der Waals surface area contributed by atoms with Gasteiger partial charge in [0.05, 0.1) is 12.6 Å². The quantitative estimate of drug-likeness (QED) is 0.369. The summed E-state index contributed by atoms with van der Waals surface area (Å²) in [4.78, 5) is 3.87. The van der Waals surface area contributed by atoms with Gasteiger partial charge in [0.2, 0.25) is 0 Å². The molecule has 0 bridgehead atoms. The first kappa shape index (κ1) is 24.3. The number of benzene rings is 2. The van der Waals surface area contributed by atoms with Gasteiger partial charge in [-0.25, -0.2) is 13.5 Å². The summed E-state index contributed by atoms with van der Waals surface area (Å²) in [7, 11) is 0. The van der Waals surface area contributed by atoms with Crippen LogP contribution in [0, 0.1) is 11.6 Å². The molecule has 1 atom stereocenters. The van der Waals surface area contributed by atoms with Crippen molar-refractivity contribution in [2.45, 2.75) is 38.0 Å². The Morgan fingerprint density at radius 1 is 1.00 bits per heavy atom. The summed E-state index contributed by atoms with van der Waals surface area (Å²) in [5, 5.41) is 21.4. The van der Waals surface area contributed by atoms with Crippen LogP contribution in [0.25, 0.3) is 11.1 Å². The zero-order valence-corrected chi connectivity index (χ0v) is 18.7. The monoisotopic (exact) mass is 487 g/mol. The second kappa shape index (κ2) is 9.41. The molecule has 7 nitrogen and oxygen atoms in total. The molecule has 0 amide bonds. The minimum Gasteiger partial charge on any atom is -0.491 e. The number of aromatic nitrogens is 5. The molecule has 1 N–H and O–H groups in total. The second-order valence-corrected chi connectivity index (χ2v) is 8.19. The van der Waals surface area contributed by atoms with Crippen molar-refractivity contribution in [2.24, 2.45) is 0 Å². The van der Waals surface area contributed by atoms with Crippen LogP contribution < -0.4 is 4.74 Å². The minimum absolute atomic E-state index is 0.00188. The van der Waals surface area contributed by atoms with E-state index < -0.39 is 41.0 Å². The first-order chi connectivity index (χ1) is 16.6. The van der Waals surface area contributed by atoms with E-state index in [4.69, 9.17) is 4.74 Å².